The molecule has 0 radical (unpaired) electrons. The molecule has 0 amide bonds. The van der Waals surface area contributed by atoms with Crippen LogP contribution in [0.5, 0.6) is 5.75 Å². The Kier molecular flexibility index (Phi) is 6.79. The number of hydrogen-bond acceptors (Lipinski definition) is 9. The Hall–Kier alpha value is -4.37. The van der Waals surface area contributed by atoms with Gasteiger partial charge in [0.1, 0.15) is 22.5 Å². The monoisotopic (exact) mass is 680 g/mol. The minimum atomic E-state index is -0.901. The maximum Gasteiger partial charge on any atom is 0.336 e. The fraction of sp³-hybridized carbons (Fsp3) is 0.488. The van der Waals surface area contributed by atoms with Crippen molar-refractivity contribution in [3.05, 3.63) is 88.1 Å². The van der Waals surface area contributed by atoms with Gasteiger partial charge in [-0.1, -0.05) is 33.8 Å². The van der Waals surface area contributed by atoms with Crippen LogP contribution in [0, 0.1) is 27.6 Å². The topological polar surface area (TPSA) is 133 Å². The first-order chi connectivity index (χ1) is 23.6. The van der Waals surface area contributed by atoms with Gasteiger partial charge in [0.05, 0.1) is 42.0 Å². The second kappa shape index (κ2) is 10.3. The first-order valence-corrected chi connectivity index (χ1v) is 17.5. The molecular formula is C41H44O9. The number of Topliss-reactive ketones (excluding diaryl/α,β-unsaturated/α-hetero) is 1. The third kappa shape index (κ3) is 3.90. The van der Waals surface area contributed by atoms with Crippen LogP contribution in [0.1, 0.15) is 90.9 Å². The maximum atomic E-state index is 14.0. The van der Waals surface area contributed by atoms with Crippen LogP contribution in [0.4, 0.5) is 0 Å². The number of aliphatic hydroxyl groups is 1. The summed E-state index contributed by atoms with van der Waals surface area (Å²) in [6, 6.07) is 8.83. The largest absolute Gasteiger partial charge is 0.504 e. The number of rotatable bonds is 3. The van der Waals surface area contributed by atoms with Gasteiger partial charge in [0.15, 0.2) is 17.3 Å². The molecule has 3 fully saturated rings. The van der Waals surface area contributed by atoms with Crippen LogP contribution in [0.3, 0.4) is 0 Å². The van der Waals surface area contributed by atoms with E-state index in [2.05, 4.69) is 13.8 Å². The number of hydrogen-bond donors (Lipinski definition) is 1. The van der Waals surface area contributed by atoms with Crippen molar-refractivity contribution in [2.24, 2.45) is 27.6 Å². The van der Waals surface area contributed by atoms with Gasteiger partial charge in [0.2, 0.25) is 5.78 Å². The first kappa shape index (κ1) is 32.8. The van der Waals surface area contributed by atoms with Gasteiger partial charge in [-0.05, 0) is 87.3 Å². The molecule has 1 N–H and O–H groups in total. The summed E-state index contributed by atoms with van der Waals surface area (Å²) in [7, 11) is 1.63. The van der Waals surface area contributed by atoms with E-state index in [9.17, 15) is 19.5 Å². The van der Waals surface area contributed by atoms with Crippen LogP contribution >= 0.6 is 0 Å². The number of aliphatic hydroxyl groups excluding tert-OH is 1. The summed E-state index contributed by atoms with van der Waals surface area (Å²) < 4.78 is 28.3. The molecule has 9 heteroatoms. The van der Waals surface area contributed by atoms with Gasteiger partial charge in [-0.15, -0.1) is 0 Å². The zero-order valence-corrected chi connectivity index (χ0v) is 29.8. The number of furan rings is 2. The normalized spacial score (nSPS) is 35.0. The molecule has 1 aromatic carbocycles. The lowest BCUT2D eigenvalue weighted by Gasteiger charge is -2.62. The third-order valence-electron chi connectivity index (χ3n) is 13.3. The molecule has 4 heterocycles. The van der Waals surface area contributed by atoms with E-state index >= 15 is 0 Å². The van der Waals surface area contributed by atoms with Crippen LogP contribution in [-0.4, -0.2) is 35.5 Å². The van der Waals surface area contributed by atoms with Crippen LogP contribution < -0.4 is 10.4 Å². The molecule has 3 aromatic heterocycles. The van der Waals surface area contributed by atoms with Gasteiger partial charge in [-0.2, -0.15) is 0 Å². The molecular weight excluding hydrogens is 636 g/mol. The number of epoxide rings is 1. The van der Waals surface area contributed by atoms with Crippen molar-refractivity contribution in [3.8, 4) is 5.75 Å². The Labute approximate surface area is 290 Å². The number of carbonyl (C=O) groups excluding carboxylic acids is 2. The van der Waals surface area contributed by atoms with E-state index < -0.39 is 21.8 Å². The molecule has 4 aromatic rings. The van der Waals surface area contributed by atoms with Crippen molar-refractivity contribution >= 4 is 33.5 Å². The number of methoxy groups -OCH3 is 1. The first-order valence-electron chi connectivity index (χ1n) is 17.5. The highest BCUT2D eigenvalue weighted by Crippen LogP contribution is 2.81. The van der Waals surface area contributed by atoms with E-state index in [1.54, 1.807) is 31.6 Å². The summed E-state index contributed by atoms with van der Waals surface area (Å²) in [5.41, 5.74) is -0.577. The van der Waals surface area contributed by atoms with E-state index in [1.165, 1.54) is 11.6 Å². The predicted molar refractivity (Wildman–Crippen MR) is 186 cm³/mol. The lowest BCUT2D eigenvalue weighted by molar-refractivity contribution is -0.162. The highest BCUT2D eigenvalue weighted by molar-refractivity contribution is 6.06. The Bertz CT molecular complexity index is 2210. The summed E-state index contributed by atoms with van der Waals surface area (Å²) in [6.45, 7) is 14.1. The molecule has 9 nitrogen and oxygen atoms in total. The van der Waals surface area contributed by atoms with Gasteiger partial charge in [-0.25, -0.2) is 4.79 Å². The number of ether oxygens (including phenoxy) is 2. The minimum Gasteiger partial charge on any atom is -0.504 e. The van der Waals surface area contributed by atoms with Crippen LogP contribution in [0.25, 0.3) is 21.9 Å². The quantitative estimate of drug-likeness (QED) is 0.167. The second-order valence-corrected chi connectivity index (χ2v) is 16.4. The zero-order chi connectivity index (χ0) is 35.8. The van der Waals surface area contributed by atoms with Gasteiger partial charge in [0.25, 0.3) is 0 Å². The average Bonchev–Trinajstić information content (AvgIpc) is 3.34. The number of carbonyl (C=O) groups is 2. The van der Waals surface area contributed by atoms with Crippen molar-refractivity contribution in [2.75, 3.05) is 7.11 Å². The van der Waals surface area contributed by atoms with Gasteiger partial charge in [0, 0.05) is 34.3 Å². The molecule has 7 atom stereocenters. The second-order valence-electron chi connectivity index (χ2n) is 16.4. The lowest BCUT2D eigenvalue weighted by Crippen LogP contribution is -2.66. The number of benzene rings is 1. The molecule has 1 spiro atoms. The Morgan fingerprint density at radius 2 is 1.74 bits per heavy atom. The number of ketones is 2. The van der Waals surface area contributed by atoms with Crippen molar-refractivity contribution in [1.29, 1.82) is 0 Å². The summed E-state index contributed by atoms with van der Waals surface area (Å²) in [6.07, 6.45) is 9.76. The summed E-state index contributed by atoms with van der Waals surface area (Å²) >= 11 is 0. The van der Waals surface area contributed by atoms with Crippen molar-refractivity contribution in [3.63, 3.8) is 0 Å². The van der Waals surface area contributed by atoms with Crippen molar-refractivity contribution in [1.82, 2.24) is 0 Å². The molecule has 0 bridgehead atoms. The highest BCUT2D eigenvalue weighted by atomic mass is 16.6. The Balaban J connectivity index is 0.000000163. The van der Waals surface area contributed by atoms with Crippen LogP contribution in [0.2, 0.25) is 0 Å². The van der Waals surface area contributed by atoms with Gasteiger partial charge >= 0.3 is 5.63 Å². The van der Waals surface area contributed by atoms with Crippen LogP contribution in [-0.2, 0) is 14.3 Å². The highest BCUT2D eigenvalue weighted by Gasteiger charge is 2.87. The molecule has 5 aliphatic rings. The number of allylic oxidation sites excluding steroid dienone is 4. The van der Waals surface area contributed by atoms with Crippen LogP contribution in [0.15, 0.2) is 84.4 Å². The van der Waals surface area contributed by atoms with E-state index in [-0.39, 0.29) is 52.2 Å². The molecule has 1 saturated heterocycles. The Morgan fingerprint density at radius 1 is 0.980 bits per heavy atom. The molecule has 1 aliphatic heterocycles. The lowest BCUT2D eigenvalue weighted by atomic mass is 9.39. The smallest absolute Gasteiger partial charge is 0.336 e. The average molecular weight is 681 g/mol. The zero-order valence-electron chi connectivity index (χ0n) is 29.8. The molecule has 4 aliphatic carbocycles. The minimum absolute atomic E-state index is 0.00527. The van der Waals surface area contributed by atoms with Gasteiger partial charge in [-0.3, -0.25) is 9.59 Å². The number of fused-ring (bicyclic) bond motifs is 5. The fourth-order valence-electron chi connectivity index (χ4n) is 11.0. The molecule has 2 saturated carbocycles. The molecule has 9 rings (SSSR count). The van der Waals surface area contributed by atoms with Crippen molar-refractivity contribution in [2.45, 2.75) is 91.3 Å². The molecule has 50 heavy (non-hydrogen) atoms. The summed E-state index contributed by atoms with van der Waals surface area (Å²) in [5, 5.41) is 13.1. The summed E-state index contributed by atoms with van der Waals surface area (Å²) in [5.74, 6) is 1.46. The fourth-order valence-corrected chi connectivity index (χ4v) is 11.0. The van der Waals surface area contributed by atoms with E-state index in [1.807, 2.05) is 59.1 Å². The Morgan fingerprint density at radius 3 is 2.42 bits per heavy atom. The molecule has 262 valence electrons. The van der Waals surface area contributed by atoms with Crippen molar-refractivity contribution < 1.29 is 37.4 Å². The van der Waals surface area contributed by atoms with E-state index in [0.29, 0.717) is 16.7 Å². The standard InChI is InChI=1S/C26H30O5.C15H14O4/c1-22(2)17(27)7-9-23(3)16-6-10-24(4)15(14-8-11-30-13-14)12-18-26(24,31-18)25(16,5)21(29)19(28)20(22)23;1-8(2)14-15(17-3)10-6-9-4-5-13(16)18-11(9)7-12(10)19-14/h7-9,11,13,15-16,18,28H,6,10,12H2,1-5H3;4-8H,1-3H3. The van der Waals surface area contributed by atoms with E-state index in [0.717, 1.165) is 41.5 Å². The predicted octanol–water partition coefficient (Wildman–Crippen LogP) is 8.56. The summed E-state index contributed by atoms with van der Waals surface area (Å²) in [4.78, 5) is 38.0. The molecule has 7 unspecified atom stereocenters. The van der Waals surface area contributed by atoms with Gasteiger partial charge < -0.3 is 27.8 Å². The maximum absolute atomic E-state index is 14.0. The third-order valence-corrected chi connectivity index (χ3v) is 13.3. The van der Waals surface area contributed by atoms with E-state index in [4.69, 9.17) is 22.7 Å². The SMILES string of the molecule is CC1(C)C(=O)C=CC2(C)C1=C(O)C(=O)C1(C)C2CCC2(C)C(c3ccoc3)CC3OC321.COc1c(C(C)C)oc2cc3oc(=O)ccc3cc12.